The van der Waals surface area contributed by atoms with Crippen LogP contribution in [0.3, 0.4) is 0 Å². The lowest BCUT2D eigenvalue weighted by Crippen LogP contribution is -2.19. The van der Waals surface area contributed by atoms with Crippen LogP contribution in [0.25, 0.3) is 0 Å². The first-order chi connectivity index (χ1) is 9.08. The zero-order valence-electron chi connectivity index (χ0n) is 11.7. The maximum absolute atomic E-state index is 3.60. The molecule has 0 amide bonds. The second kappa shape index (κ2) is 6.36. The maximum Gasteiger partial charge on any atom is 0.0294 e. The standard InChI is InChI=1S/C17H20BrN/c1-12-5-4-6-13(2)17(12)11-19-14(3)15-7-9-16(18)10-8-15/h4-10,14,19H,11H2,1-3H3/t14-/m0/s1. The van der Waals surface area contributed by atoms with Crippen LogP contribution >= 0.6 is 15.9 Å². The van der Waals surface area contributed by atoms with Crippen molar-refractivity contribution in [1.82, 2.24) is 5.32 Å². The second-order valence-corrected chi connectivity index (χ2v) is 5.94. The second-order valence-electron chi connectivity index (χ2n) is 5.02. The van der Waals surface area contributed by atoms with Gasteiger partial charge in [0.05, 0.1) is 0 Å². The minimum Gasteiger partial charge on any atom is -0.306 e. The Balaban J connectivity index is 2.04. The fraction of sp³-hybridized carbons (Fsp3) is 0.294. The van der Waals surface area contributed by atoms with Crippen molar-refractivity contribution >= 4 is 15.9 Å². The molecule has 0 unspecified atom stereocenters. The molecule has 2 aromatic rings. The van der Waals surface area contributed by atoms with Crippen LogP contribution in [-0.2, 0) is 6.54 Å². The van der Waals surface area contributed by atoms with Gasteiger partial charge in [0, 0.05) is 17.1 Å². The summed E-state index contributed by atoms with van der Waals surface area (Å²) in [5.41, 5.74) is 5.44. The molecule has 0 spiro atoms. The normalized spacial score (nSPS) is 12.4. The van der Waals surface area contributed by atoms with E-state index in [4.69, 9.17) is 0 Å². The summed E-state index contributed by atoms with van der Waals surface area (Å²) in [6.45, 7) is 7.47. The van der Waals surface area contributed by atoms with Gasteiger partial charge in [-0.2, -0.15) is 0 Å². The first-order valence-corrected chi connectivity index (χ1v) is 7.41. The Bertz CT molecular complexity index is 525. The molecule has 0 bridgehead atoms. The zero-order chi connectivity index (χ0) is 13.8. The highest BCUT2D eigenvalue weighted by atomic mass is 79.9. The molecule has 2 rings (SSSR count). The van der Waals surface area contributed by atoms with E-state index in [-0.39, 0.29) is 0 Å². The molecule has 1 N–H and O–H groups in total. The topological polar surface area (TPSA) is 12.0 Å². The van der Waals surface area contributed by atoms with Gasteiger partial charge in [0.2, 0.25) is 0 Å². The van der Waals surface area contributed by atoms with Gasteiger partial charge in [-0.05, 0) is 55.2 Å². The van der Waals surface area contributed by atoms with Crippen LogP contribution in [0.15, 0.2) is 46.9 Å². The van der Waals surface area contributed by atoms with Crippen LogP contribution in [0, 0.1) is 13.8 Å². The number of hydrogen-bond donors (Lipinski definition) is 1. The van der Waals surface area contributed by atoms with Crippen molar-refractivity contribution in [3.63, 3.8) is 0 Å². The van der Waals surface area contributed by atoms with E-state index in [1.807, 2.05) is 0 Å². The summed E-state index contributed by atoms with van der Waals surface area (Å²) in [5.74, 6) is 0. The van der Waals surface area contributed by atoms with Gasteiger partial charge in [0.15, 0.2) is 0 Å². The van der Waals surface area contributed by atoms with E-state index in [1.54, 1.807) is 0 Å². The van der Waals surface area contributed by atoms with Crippen LogP contribution in [0.4, 0.5) is 0 Å². The minimum atomic E-state index is 0.354. The molecule has 0 saturated heterocycles. The Hall–Kier alpha value is -1.12. The summed E-state index contributed by atoms with van der Waals surface area (Å²) < 4.78 is 1.12. The summed E-state index contributed by atoms with van der Waals surface area (Å²) in [7, 11) is 0. The lowest BCUT2D eigenvalue weighted by Gasteiger charge is -2.17. The van der Waals surface area contributed by atoms with E-state index in [0.29, 0.717) is 6.04 Å². The quantitative estimate of drug-likeness (QED) is 0.844. The van der Waals surface area contributed by atoms with Crippen molar-refractivity contribution in [2.75, 3.05) is 0 Å². The number of halogens is 1. The third kappa shape index (κ3) is 3.68. The molecule has 0 radical (unpaired) electrons. The van der Waals surface area contributed by atoms with E-state index >= 15 is 0 Å². The van der Waals surface area contributed by atoms with Crippen molar-refractivity contribution < 1.29 is 0 Å². The van der Waals surface area contributed by atoms with Crippen LogP contribution in [0.2, 0.25) is 0 Å². The Morgan fingerprint density at radius 2 is 1.58 bits per heavy atom. The molecule has 2 aromatic carbocycles. The van der Waals surface area contributed by atoms with E-state index in [0.717, 1.165) is 11.0 Å². The number of nitrogens with one attached hydrogen (secondary N) is 1. The largest absolute Gasteiger partial charge is 0.306 e. The van der Waals surface area contributed by atoms with Crippen molar-refractivity contribution in [2.45, 2.75) is 33.4 Å². The molecule has 0 aromatic heterocycles. The molecule has 0 aliphatic carbocycles. The van der Waals surface area contributed by atoms with Crippen molar-refractivity contribution in [1.29, 1.82) is 0 Å². The first-order valence-electron chi connectivity index (χ1n) is 6.62. The predicted octanol–water partition coefficient (Wildman–Crippen LogP) is 4.92. The number of aryl methyl sites for hydroxylation is 2. The molecule has 19 heavy (non-hydrogen) atoms. The van der Waals surface area contributed by atoms with Gasteiger partial charge >= 0.3 is 0 Å². The van der Waals surface area contributed by atoms with E-state index in [9.17, 15) is 0 Å². The molecule has 1 nitrogen and oxygen atoms in total. The summed E-state index contributed by atoms with van der Waals surface area (Å²) in [6, 6.07) is 15.3. The third-order valence-electron chi connectivity index (χ3n) is 3.60. The predicted molar refractivity (Wildman–Crippen MR) is 85.3 cm³/mol. The highest BCUT2D eigenvalue weighted by Gasteiger charge is 2.07. The fourth-order valence-corrected chi connectivity index (χ4v) is 2.52. The lowest BCUT2D eigenvalue weighted by molar-refractivity contribution is 0.572. The summed E-state index contributed by atoms with van der Waals surface area (Å²) in [4.78, 5) is 0. The Labute approximate surface area is 124 Å². The SMILES string of the molecule is Cc1cccc(C)c1CN[C@@H](C)c1ccc(Br)cc1. The highest BCUT2D eigenvalue weighted by Crippen LogP contribution is 2.18. The van der Waals surface area contributed by atoms with Crippen molar-refractivity contribution in [3.8, 4) is 0 Å². The Morgan fingerprint density at radius 3 is 2.16 bits per heavy atom. The number of rotatable bonds is 4. The van der Waals surface area contributed by atoms with Crippen LogP contribution in [-0.4, -0.2) is 0 Å². The van der Waals surface area contributed by atoms with Crippen LogP contribution in [0.1, 0.15) is 35.2 Å². The minimum absolute atomic E-state index is 0.354. The van der Waals surface area contributed by atoms with Gasteiger partial charge < -0.3 is 5.32 Å². The first kappa shape index (κ1) is 14.3. The summed E-state index contributed by atoms with van der Waals surface area (Å²) in [6.07, 6.45) is 0. The Morgan fingerprint density at radius 1 is 1.00 bits per heavy atom. The highest BCUT2D eigenvalue weighted by molar-refractivity contribution is 9.10. The number of benzene rings is 2. The molecule has 0 heterocycles. The molecule has 0 aliphatic rings. The van der Waals surface area contributed by atoms with Gasteiger partial charge in [-0.15, -0.1) is 0 Å². The van der Waals surface area contributed by atoms with Crippen LogP contribution < -0.4 is 5.32 Å². The van der Waals surface area contributed by atoms with E-state index in [2.05, 4.69) is 84.5 Å². The summed E-state index contributed by atoms with van der Waals surface area (Å²) >= 11 is 3.47. The van der Waals surface area contributed by atoms with Gasteiger partial charge in [-0.25, -0.2) is 0 Å². The Kier molecular flexibility index (Phi) is 4.78. The van der Waals surface area contributed by atoms with E-state index < -0.39 is 0 Å². The van der Waals surface area contributed by atoms with Gasteiger partial charge in [-0.3, -0.25) is 0 Å². The molecular formula is C17H20BrN. The molecule has 1 atom stereocenters. The van der Waals surface area contributed by atoms with Crippen LogP contribution in [0.5, 0.6) is 0 Å². The molecule has 0 aliphatic heterocycles. The van der Waals surface area contributed by atoms with Gasteiger partial charge in [0.1, 0.15) is 0 Å². The average Bonchev–Trinajstić information content (AvgIpc) is 2.38. The number of hydrogen-bond acceptors (Lipinski definition) is 1. The van der Waals surface area contributed by atoms with Gasteiger partial charge in [-0.1, -0.05) is 46.3 Å². The van der Waals surface area contributed by atoms with Crippen molar-refractivity contribution in [3.05, 3.63) is 69.2 Å². The van der Waals surface area contributed by atoms with Gasteiger partial charge in [0.25, 0.3) is 0 Å². The monoisotopic (exact) mass is 317 g/mol. The lowest BCUT2D eigenvalue weighted by atomic mass is 10.0. The third-order valence-corrected chi connectivity index (χ3v) is 4.13. The summed E-state index contributed by atoms with van der Waals surface area (Å²) in [5, 5.41) is 3.60. The average molecular weight is 318 g/mol. The zero-order valence-corrected chi connectivity index (χ0v) is 13.3. The molecule has 2 heteroatoms. The molecule has 0 saturated carbocycles. The molecule has 0 fully saturated rings. The molecular weight excluding hydrogens is 298 g/mol. The molecule has 100 valence electrons. The fourth-order valence-electron chi connectivity index (χ4n) is 2.25. The van der Waals surface area contributed by atoms with Crippen molar-refractivity contribution in [2.24, 2.45) is 0 Å². The smallest absolute Gasteiger partial charge is 0.0294 e. The van der Waals surface area contributed by atoms with E-state index in [1.165, 1.54) is 22.3 Å². The maximum atomic E-state index is 3.60.